The third-order valence-corrected chi connectivity index (χ3v) is 10.6. The van der Waals surface area contributed by atoms with Crippen LogP contribution >= 0.6 is 0 Å². The number of ether oxygens (including phenoxy) is 3. The minimum Gasteiger partial charge on any atom is -0.462 e. The minimum atomic E-state index is -0.799. The van der Waals surface area contributed by atoms with Crippen LogP contribution in [0.5, 0.6) is 0 Å². The summed E-state index contributed by atoms with van der Waals surface area (Å²) in [4.78, 5) is 38.0. The van der Waals surface area contributed by atoms with E-state index in [1.165, 1.54) is 57.8 Å². The molecule has 0 saturated heterocycles. The number of allylic oxidation sites excluding steroid dienone is 16. The summed E-state index contributed by atoms with van der Waals surface area (Å²) in [6.45, 7) is 6.34. The normalized spacial score (nSPS) is 12.9. The van der Waals surface area contributed by atoms with Gasteiger partial charge in [-0.05, 0) is 116 Å². The van der Waals surface area contributed by atoms with Crippen LogP contribution < -0.4 is 0 Å². The van der Waals surface area contributed by atoms with Gasteiger partial charge in [0, 0.05) is 19.3 Å². The predicted molar refractivity (Wildman–Crippen MR) is 270 cm³/mol. The largest absolute Gasteiger partial charge is 0.462 e. The van der Waals surface area contributed by atoms with Crippen molar-refractivity contribution < 1.29 is 28.6 Å². The molecule has 0 N–H and O–H groups in total. The molecule has 358 valence electrons. The van der Waals surface area contributed by atoms with Gasteiger partial charge in [-0.1, -0.05) is 189 Å². The van der Waals surface area contributed by atoms with Gasteiger partial charge in [-0.15, -0.1) is 0 Å². The zero-order chi connectivity index (χ0) is 45.8. The molecule has 0 amide bonds. The number of hydrogen-bond donors (Lipinski definition) is 0. The Morgan fingerprint density at radius 2 is 0.619 bits per heavy atom. The average molecular weight is 875 g/mol. The number of hydrogen-bond acceptors (Lipinski definition) is 6. The van der Waals surface area contributed by atoms with Crippen molar-refractivity contribution in [1.29, 1.82) is 0 Å². The Morgan fingerprint density at radius 3 is 1.00 bits per heavy atom. The highest BCUT2D eigenvalue weighted by Gasteiger charge is 2.19. The molecule has 0 radical (unpaired) electrons. The first kappa shape index (κ1) is 59.3. The smallest absolute Gasteiger partial charge is 0.306 e. The van der Waals surface area contributed by atoms with Gasteiger partial charge in [0.1, 0.15) is 13.2 Å². The van der Waals surface area contributed by atoms with E-state index < -0.39 is 6.10 Å². The van der Waals surface area contributed by atoms with E-state index in [1.807, 2.05) is 0 Å². The summed E-state index contributed by atoms with van der Waals surface area (Å²) in [5.41, 5.74) is 0. The first-order chi connectivity index (χ1) is 31.0. The standard InChI is InChI=1S/C57H94O6/c1-4-7-10-13-16-19-22-25-27-28-29-30-31-33-35-38-41-44-47-50-56(59)62-53-54(52-61-55(58)49-46-43-40-37-34-24-21-18-15-12-9-6-3)63-57(60)51-48-45-42-39-36-32-26-23-20-17-14-11-8-5-2/h7-8,10-11,16-21,25,27,29-30,33,35,54H,4-6,9,12-15,22-24,26,28,31-32,34,36-53H2,1-3H3/b10-7-,11-8-,19-16-,20-17-,21-18-,27-25-,30-29-,35-33-. The minimum absolute atomic E-state index is 0.0969. The molecule has 6 heteroatoms. The van der Waals surface area contributed by atoms with E-state index in [0.29, 0.717) is 19.3 Å². The van der Waals surface area contributed by atoms with E-state index in [4.69, 9.17) is 14.2 Å². The van der Waals surface area contributed by atoms with Crippen molar-refractivity contribution in [2.45, 2.75) is 232 Å². The fourth-order valence-electron chi connectivity index (χ4n) is 6.73. The second-order valence-electron chi connectivity index (χ2n) is 16.7. The van der Waals surface area contributed by atoms with Gasteiger partial charge in [0.05, 0.1) is 0 Å². The summed E-state index contributed by atoms with van der Waals surface area (Å²) in [6.07, 6.45) is 66.7. The van der Waals surface area contributed by atoms with Crippen LogP contribution in [0.1, 0.15) is 226 Å². The molecule has 0 heterocycles. The summed E-state index contributed by atoms with van der Waals surface area (Å²) in [5.74, 6) is -0.951. The van der Waals surface area contributed by atoms with Crippen LogP contribution in [-0.2, 0) is 28.6 Å². The van der Waals surface area contributed by atoms with Crippen molar-refractivity contribution in [1.82, 2.24) is 0 Å². The lowest BCUT2D eigenvalue weighted by Crippen LogP contribution is -2.30. The molecule has 0 aromatic carbocycles. The number of esters is 3. The third kappa shape index (κ3) is 49.2. The highest BCUT2D eigenvalue weighted by molar-refractivity contribution is 5.71. The van der Waals surface area contributed by atoms with Crippen molar-refractivity contribution in [2.75, 3.05) is 13.2 Å². The highest BCUT2D eigenvalue weighted by Crippen LogP contribution is 2.13. The molecule has 6 nitrogen and oxygen atoms in total. The van der Waals surface area contributed by atoms with Crippen molar-refractivity contribution >= 4 is 17.9 Å². The fourth-order valence-corrected chi connectivity index (χ4v) is 6.73. The van der Waals surface area contributed by atoms with Gasteiger partial charge in [-0.3, -0.25) is 14.4 Å². The second-order valence-corrected chi connectivity index (χ2v) is 16.7. The molecule has 0 rings (SSSR count). The van der Waals surface area contributed by atoms with E-state index in [9.17, 15) is 14.4 Å². The van der Waals surface area contributed by atoms with Crippen LogP contribution in [-0.4, -0.2) is 37.2 Å². The van der Waals surface area contributed by atoms with E-state index in [-0.39, 0.29) is 31.1 Å². The summed E-state index contributed by atoms with van der Waals surface area (Å²) in [5, 5.41) is 0. The Kier molecular flexibility index (Phi) is 48.0. The lowest BCUT2D eigenvalue weighted by Gasteiger charge is -2.18. The summed E-state index contributed by atoms with van der Waals surface area (Å²) in [6, 6.07) is 0. The van der Waals surface area contributed by atoms with Crippen molar-refractivity contribution in [2.24, 2.45) is 0 Å². The van der Waals surface area contributed by atoms with Crippen LogP contribution in [0.4, 0.5) is 0 Å². The van der Waals surface area contributed by atoms with Crippen molar-refractivity contribution in [3.8, 4) is 0 Å². The Morgan fingerprint density at radius 1 is 0.333 bits per heavy atom. The van der Waals surface area contributed by atoms with Gasteiger partial charge in [0.2, 0.25) is 0 Å². The van der Waals surface area contributed by atoms with Gasteiger partial charge in [0.25, 0.3) is 0 Å². The van der Waals surface area contributed by atoms with Crippen molar-refractivity contribution in [3.63, 3.8) is 0 Å². The maximum atomic E-state index is 12.8. The molecule has 1 atom stereocenters. The second kappa shape index (κ2) is 51.0. The van der Waals surface area contributed by atoms with Gasteiger partial charge >= 0.3 is 17.9 Å². The molecule has 0 fully saturated rings. The van der Waals surface area contributed by atoms with Crippen LogP contribution in [0.15, 0.2) is 97.2 Å². The van der Waals surface area contributed by atoms with E-state index >= 15 is 0 Å². The molecule has 0 aromatic rings. The van der Waals surface area contributed by atoms with Crippen molar-refractivity contribution in [3.05, 3.63) is 97.2 Å². The molecule has 0 aliphatic rings. The van der Waals surface area contributed by atoms with E-state index in [2.05, 4.69) is 118 Å². The molecule has 0 aliphatic carbocycles. The van der Waals surface area contributed by atoms with Crippen LogP contribution in [0.25, 0.3) is 0 Å². The Balaban J connectivity index is 4.46. The quantitative estimate of drug-likeness (QED) is 0.0262. The van der Waals surface area contributed by atoms with Gasteiger partial charge < -0.3 is 14.2 Å². The maximum absolute atomic E-state index is 12.8. The lowest BCUT2D eigenvalue weighted by molar-refractivity contribution is -0.167. The van der Waals surface area contributed by atoms with Crippen LogP contribution in [0.3, 0.4) is 0 Å². The lowest BCUT2D eigenvalue weighted by atomic mass is 10.1. The maximum Gasteiger partial charge on any atom is 0.306 e. The molecular weight excluding hydrogens is 781 g/mol. The Labute approximate surface area is 387 Å². The number of rotatable bonds is 45. The SMILES string of the molecule is CC/C=C\C/C=C\C/C=C\C/C=C\C/C=C\CCCCCC(=O)OCC(COC(=O)CCCCCCC/C=C\CCCCC)OC(=O)CCCCCCCCC/C=C\C/C=C\CC. The predicted octanol–water partition coefficient (Wildman–Crippen LogP) is 17.0. The van der Waals surface area contributed by atoms with Crippen LogP contribution in [0, 0.1) is 0 Å². The molecule has 0 saturated carbocycles. The zero-order valence-electron chi connectivity index (χ0n) is 40.8. The number of carbonyl (C=O) groups is 3. The fraction of sp³-hybridized carbons (Fsp3) is 0.667. The molecular formula is C57H94O6. The summed E-state index contributed by atoms with van der Waals surface area (Å²) >= 11 is 0. The van der Waals surface area contributed by atoms with Crippen LogP contribution in [0.2, 0.25) is 0 Å². The first-order valence-electron chi connectivity index (χ1n) is 25.7. The third-order valence-electron chi connectivity index (χ3n) is 10.6. The molecule has 0 aromatic heterocycles. The zero-order valence-corrected chi connectivity index (χ0v) is 40.8. The molecule has 0 spiro atoms. The first-order valence-corrected chi connectivity index (χ1v) is 25.7. The van der Waals surface area contributed by atoms with E-state index in [0.717, 1.165) is 128 Å². The van der Waals surface area contributed by atoms with E-state index in [1.54, 1.807) is 0 Å². The number of unbranched alkanes of at least 4 members (excludes halogenated alkanes) is 18. The summed E-state index contributed by atoms with van der Waals surface area (Å²) in [7, 11) is 0. The molecule has 1 unspecified atom stereocenters. The average Bonchev–Trinajstić information content (AvgIpc) is 3.28. The van der Waals surface area contributed by atoms with Gasteiger partial charge in [-0.2, -0.15) is 0 Å². The Bertz CT molecular complexity index is 1280. The molecule has 0 bridgehead atoms. The molecule has 63 heavy (non-hydrogen) atoms. The highest BCUT2D eigenvalue weighted by atomic mass is 16.6. The Hall–Kier alpha value is -3.67. The topological polar surface area (TPSA) is 78.9 Å². The van der Waals surface area contributed by atoms with Gasteiger partial charge in [0.15, 0.2) is 6.10 Å². The van der Waals surface area contributed by atoms with Gasteiger partial charge in [-0.25, -0.2) is 0 Å². The molecule has 0 aliphatic heterocycles. The monoisotopic (exact) mass is 875 g/mol. The summed E-state index contributed by atoms with van der Waals surface area (Å²) < 4.78 is 16.8. The number of carbonyl (C=O) groups excluding carboxylic acids is 3.